The second-order valence-electron chi connectivity index (χ2n) is 6.54. The molecule has 0 spiro atoms. The number of fused-ring (bicyclic) bond motifs is 1. The number of hydrogen-bond donors (Lipinski definition) is 1. The topological polar surface area (TPSA) is 87.0 Å². The van der Waals surface area contributed by atoms with Gasteiger partial charge >= 0.3 is 0 Å². The number of aryl methyl sites for hydroxylation is 1. The van der Waals surface area contributed by atoms with Crippen molar-refractivity contribution in [3.05, 3.63) is 48.5 Å². The molecule has 4 aromatic heterocycles. The molecule has 0 unspecified atom stereocenters. The lowest BCUT2D eigenvalue weighted by atomic mass is 10.3. The zero-order valence-corrected chi connectivity index (χ0v) is 16.0. The molecule has 5 rings (SSSR count). The SMILES string of the molecule is Cc1cc(Nc2nc(O[C@H]3CCOC3)c3c(ccn3-c3ccncc3)n2)sn1. The van der Waals surface area contributed by atoms with Crippen molar-refractivity contribution in [2.45, 2.75) is 19.4 Å². The summed E-state index contributed by atoms with van der Waals surface area (Å²) in [6, 6.07) is 7.80. The quantitative estimate of drug-likeness (QED) is 0.554. The third-order valence-corrected chi connectivity index (χ3v) is 5.27. The van der Waals surface area contributed by atoms with Crippen LogP contribution in [0.1, 0.15) is 12.1 Å². The van der Waals surface area contributed by atoms with Gasteiger partial charge in [-0.05, 0) is 42.7 Å². The van der Waals surface area contributed by atoms with Crippen LogP contribution in [-0.2, 0) is 4.74 Å². The summed E-state index contributed by atoms with van der Waals surface area (Å²) in [7, 11) is 0. The van der Waals surface area contributed by atoms with Crippen molar-refractivity contribution in [1.29, 1.82) is 0 Å². The molecule has 28 heavy (non-hydrogen) atoms. The van der Waals surface area contributed by atoms with E-state index in [4.69, 9.17) is 9.47 Å². The third kappa shape index (κ3) is 3.30. The maximum atomic E-state index is 6.23. The number of pyridine rings is 1. The lowest BCUT2D eigenvalue weighted by molar-refractivity contribution is 0.139. The Morgan fingerprint density at radius 2 is 2.14 bits per heavy atom. The second kappa shape index (κ2) is 7.17. The molecular formula is C19H18N6O2S. The van der Waals surface area contributed by atoms with Gasteiger partial charge in [-0.1, -0.05) is 0 Å². The Labute approximate surface area is 165 Å². The van der Waals surface area contributed by atoms with Gasteiger partial charge in [0.15, 0.2) is 0 Å². The maximum Gasteiger partial charge on any atom is 0.244 e. The van der Waals surface area contributed by atoms with Crippen molar-refractivity contribution >= 4 is 33.5 Å². The monoisotopic (exact) mass is 394 g/mol. The molecule has 1 aliphatic rings. The molecule has 0 amide bonds. The van der Waals surface area contributed by atoms with Crippen LogP contribution in [0.15, 0.2) is 42.9 Å². The van der Waals surface area contributed by atoms with E-state index in [1.165, 1.54) is 11.5 Å². The molecule has 0 aromatic carbocycles. The molecular weight excluding hydrogens is 376 g/mol. The van der Waals surface area contributed by atoms with Gasteiger partial charge in [0, 0.05) is 30.7 Å². The summed E-state index contributed by atoms with van der Waals surface area (Å²) >= 11 is 1.38. The minimum atomic E-state index is -0.0163. The van der Waals surface area contributed by atoms with Crippen LogP contribution in [0.2, 0.25) is 0 Å². The van der Waals surface area contributed by atoms with E-state index < -0.39 is 0 Å². The minimum Gasteiger partial charge on any atom is -0.470 e. The van der Waals surface area contributed by atoms with E-state index in [0.29, 0.717) is 25.0 Å². The fourth-order valence-corrected chi connectivity index (χ4v) is 3.82. The maximum absolute atomic E-state index is 6.23. The first-order valence-corrected chi connectivity index (χ1v) is 9.78. The highest BCUT2D eigenvalue weighted by molar-refractivity contribution is 7.10. The van der Waals surface area contributed by atoms with Gasteiger partial charge in [-0.25, -0.2) is 4.98 Å². The average molecular weight is 394 g/mol. The van der Waals surface area contributed by atoms with Gasteiger partial charge in [-0.2, -0.15) is 9.36 Å². The highest BCUT2D eigenvalue weighted by Gasteiger charge is 2.22. The van der Waals surface area contributed by atoms with Crippen molar-refractivity contribution in [2.75, 3.05) is 18.5 Å². The van der Waals surface area contributed by atoms with Crippen LogP contribution >= 0.6 is 11.5 Å². The molecule has 8 nitrogen and oxygen atoms in total. The lowest BCUT2D eigenvalue weighted by Crippen LogP contribution is -2.17. The minimum absolute atomic E-state index is 0.0163. The molecule has 0 radical (unpaired) electrons. The summed E-state index contributed by atoms with van der Waals surface area (Å²) in [6.07, 6.45) is 6.31. The van der Waals surface area contributed by atoms with E-state index in [9.17, 15) is 0 Å². The number of hydrogen-bond acceptors (Lipinski definition) is 8. The van der Waals surface area contributed by atoms with E-state index in [2.05, 4.69) is 24.6 Å². The molecule has 1 N–H and O–H groups in total. The van der Waals surface area contributed by atoms with Crippen molar-refractivity contribution in [3.63, 3.8) is 0 Å². The number of nitrogens with one attached hydrogen (secondary N) is 1. The zero-order chi connectivity index (χ0) is 18.9. The predicted octanol–water partition coefficient (Wildman–Crippen LogP) is 3.49. The second-order valence-corrected chi connectivity index (χ2v) is 7.34. The molecule has 0 saturated carbocycles. The Morgan fingerprint density at radius 1 is 1.25 bits per heavy atom. The third-order valence-electron chi connectivity index (χ3n) is 4.47. The molecule has 0 aliphatic carbocycles. The van der Waals surface area contributed by atoms with Gasteiger partial charge in [0.25, 0.3) is 0 Å². The first-order valence-electron chi connectivity index (χ1n) is 9.00. The number of anilines is 2. The Bertz CT molecular complexity index is 1100. The van der Waals surface area contributed by atoms with Crippen LogP contribution in [0.5, 0.6) is 5.88 Å². The molecule has 0 bridgehead atoms. The fraction of sp³-hybridized carbons (Fsp3) is 0.263. The first kappa shape index (κ1) is 17.1. The normalized spacial score (nSPS) is 16.5. The standard InChI is InChI=1S/C19H18N6O2S/c1-12-10-16(28-24-12)22-19-21-15-4-8-25(13-2-6-20-7-3-13)17(15)18(23-19)27-14-5-9-26-11-14/h2-4,6-8,10,14H,5,9,11H2,1H3,(H,21,22,23)/t14-/m0/s1. The molecule has 9 heteroatoms. The van der Waals surface area contributed by atoms with Gasteiger partial charge in [0.05, 0.1) is 24.4 Å². The molecule has 5 heterocycles. The van der Waals surface area contributed by atoms with Crippen LogP contribution in [0.4, 0.5) is 10.9 Å². The van der Waals surface area contributed by atoms with Gasteiger partial charge < -0.3 is 19.4 Å². The Hall–Kier alpha value is -3.04. The smallest absolute Gasteiger partial charge is 0.244 e. The van der Waals surface area contributed by atoms with Gasteiger partial charge in [-0.15, -0.1) is 0 Å². The van der Waals surface area contributed by atoms with Crippen LogP contribution in [0, 0.1) is 6.92 Å². The predicted molar refractivity (Wildman–Crippen MR) is 107 cm³/mol. The Kier molecular flexibility index (Phi) is 4.38. The Balaban J connectivity index is 1.60. The first-order chi connectivity index (χ1) is 13.8. The van der Waals surface area contributed by atoms with Crippen LogP contribution < -0.4 is 10.1 Å². The summed E-state index contributed by atoms with van der Waals surface area (Å²) in [4.78, 5) is 13.4. The number of rotatable bonds is 5. The largest absolute Gasteiger partial charge is 0.470 e. The molecule has 1 fully saturated rings. The van der Waals surface area contributed by atoms with Gasteiger partial charge in [0.2, 0.25) is 11.8 Å². The van der Waals surface area contributed by atoms with Crippen molar-refractivity contribution < 1.29 is 9.47 Å². The summed E-state index contributed by atoms with van der Waals surface area (Å²) in [6.45, 7) is 3.23. The van der Waals surface area contributed by atoms with E-state index >= 15 is 0 Å². The van der Waals surface area contributed by atoms with E-state index in [0.717, 1.165) is 33.8 Å². The van der Waals surface area contributed by atoms with Crippen LogP contribution in [0.3, 0.4) is 0 Å². The number of ether oxygens (including phenoxy) is 2. The number of aromatic nitrogens is 5. The van der Waals surface area contributed by atoms with E-state index in [1.807, 2.05) is 42.0 Å². The number of nitrogens with zero attached hydrogens (tertiary/aromatic N) is 5. The van der Waals surface area contributed by atoms with Crippen molar-refractivity contribution in [2.24, 2.45) is 0 Å². The summed E-state index contributed by atoms with van der Waals surface area (Å²) < 4.78 is 18.0. The van der Waals surface area contributed by atoms with Crippen molar-refractivity contribution in [1.82, 2.24) is 23.9 Å². The van der Waals surface area contributed by atoms with Crippen molar-refractivity contribution in [3.8, 4) is 11.6 Å². The molecule has 1 atom stereocenters. The van der Waals surface area contributed by atoms with Gasteiger partial charge in [-0.3, -0.25) is 4.98 Å². The lowest BCUT2D eigenvalue weighted by Gasteiger charge is -2.15. The highest BCUT2D eigenvalue weighted by atomic mass is 32.1. The average Bonchev–Trinajstić information content (AvgIpc) is 3.44. The molecule has 1 saturated heterocycles. The van der Waals surface area contributed by atoms with E-state index in [1.54, 1.807) is 12.4 Å². The van der Waals surface area contributed by atoms with E-state index in [-0.39, 0.29) is 6.10 Å². The molecule has 1 aliphatic heterocycles. The van der Waals surface area contributed by atoms with Gasteiger partial charge in [0.1, 0.15) is 16.6 Å². The summed E-state index contributed by atoms with van der Waals surface area (Å²) in [5, 5.41) is 4.12. The fourth-order valence-electron chi connectivity index (χ4n) is 3.17. The zero-order valence-electron chi connectivity index (χ0n) is 15.2. The van der Waals surface area contributed by atoms with Crippen LogP contribution in [-0.4, -0.2) is 43.2 Å². The highest BCUT2D eigenvalue weighted by Crippen LogP contribution is 2.31. The summed E-state index contributed by atoms with van der Waals surface area (Å²) in [5.74, 6) is 1.02. The molecule has 142 valence electrons. The summed E-state index contributed by atoms with van der Waals surface area (Å²) in [5.41, 5.74) is 3.55. The Morgan fingerprint density at radius 3 is 2.89 bits per heavy atom. The van der Waals surface area contributed by atoms with Crippen LogP contribution in [0.25, 0.3) is 16.7 Å². The molecule has 4 aromatic rings.